The first-order valence-electron chi connectivity index (χ1n) is 7.54. The molecule has 0 aliphatic heterocycles. The quantitative estimate of drug-likeness (QED) is 0.739. The van der Waals surface area contributed by atoms with Crippen LogP contribution in [0.25, 0.3) is 0 Å². The van der Waals surface area contributed by atoms with E-state index in [2.05, 4.69) is 25.7 Å². The molecule has 1 rings (SSSR count). The van der Waals surface area contributed by atoms with Gasteiger partial charge < -0.3 is 4.74 Å². The Morgan fingerprint density at radius 1 is 1.91 bits per heavy atom. The van der Waals surface area contributed by atoms with Crippen molar-refractivity contribution in [2.45, 2.75) is 13.2 Å². The molecule has 1 aromatic rings. The highest BCUT2D eigenvalue weighted by Crippen LogP contribution is 2.11. The fourth-order valence-corrected chi connectivity index (χ4v) is 0.664. The summed E-state index contributed by atoms with van der Waals surface area (Å²) < 4.78 is 77.6. The molecule has 0 amide bonds. The molecule has 0 aliphatic carbocycles. The van der Waals surface area contributed by atoms with Crippen molar-refractivity contribution in [1.29, 1.82) is 0 Å². The van der Waals surface area contributed by atoms with E-state index < -0.39 is 43.8 Å². The molecule has 0 aromatic carbocycles. The van der Waals surface area contributed by atoms with Crippen molar-refractivity contribution < 1.29 is 18.4 Å². The van der Waals surface area contributed by atoms with Crippen LogP contribution in [0.4, 0.5) is 0 Å². The number of pyridine rings is 1. The Hall–Kier alpha value is -0.570. The molecule has 0 fully saturated rings. The molecule has 2 nitrogen and oxygen atoms in total. The summed E-state index contributed by atoms with van der Waals surface area (Å²) in [6.45, 7) is -6.63. The smallest absolute Gasteiger partial charge is 0.214 e. The zero-order valence-electron chi connectivity index (χ0n) is 15.2. The number of nitrogens with zero attached hydrogens (tertiary/aromatic N) is 1. The van der Waals surface area contributed by atoms with Crippen molar-refractivity contribution in [2.75, 3.05) is 6.56 Å². The van der Waals surface area contributed by atoms with Gasteiger partial charge in [-0.3, -0.25) is 0 Å². The SMILES string of the molecule is [2H]c1c(Br)nc(OC([2H])([2H])C([2H])([2H])C([2H])([2H])[2H])c([2H])c1[2H]. The lowest BCUT2D eigenvalue weighted by Crippen LogP contribution is -1.96. The van der Waals surface area contributed by atoms with Gasteiger partial charge in [-0.15, -0.1) is 0 Å². The molecule has 1 aromatic heterocycles. The number of hydrogen-bond acceptors (Lipinski definition) is 2. The third-order valence-electron chi connectivity index (χ3n) is 0.734. The van der Waals surface area contributed by atoms with Crippen LogP contribution >= 0.6 is 15.9 Å². The van der Waals surface area contributed by atoms with Gasteiger partial charge in [0.1, 0.15) is 4.60 Å². The van der Waals surface area contributed by atoms with Gasteiger partial charge in [0.2, 0.25) is 5.88 Å². The van der Waals surface area contributed by atoms with Crippen LogP contribution in [0.1, 0.15) is 26.9 Å². The molecule has 0 saturated heterocycles. The summed E-state index contributed by atoms with van der Waals surface area (Å²) in [5, 5.41) is 0. The third-order valence-corrected chi connectivity index (χ3v) is 1.11. The number of hydrogen-bond donors (Lipinski definition) is 0. The van der Waals surface area contributed by atoms with Gasteiger partial charge in [0, 0.05) is 12.9 Å². The van der Waals surface area contributed by atoms with E-state index in [1.165, 1.54) is 0 Å². The maximum Gasteiger partial charge on any atom is 0.214 e. The Balaban J connectivity index is 3.29. The van der Waals surface area contributed by atoms with Crippen LogP contribution in [0.3, 0.4) is 0 Å². The minimum atomic E-state index is -3.37. The van der Waals surface area contributed by atoms with Crippen LogP contribution in [0, 0.1) is 0 Å². The third kappa shape index (κ3) is 2.89. The van der Waals surface area contributed by atoms with E-state index in [9.17, 15) is 0 Å². The molecular weight excluding hydrogens is 206 g/mol. The Morgan fingerprint density at radius 2 is 2.82 bits per heavy atom. The molecule has 11 heavy (non-hydrogen) atoms. The summed E-state index contributed by atoms with van der Waals surface area (Å²) in [5.74, 6) is -0.777. The van der Waals surface area contributed by atoms with Crippen molar-refractivity contribution in [3.63, 3.8) is 0 Å². The second kappa shape index (κ2) is 4.34. The van der Waals surface area contributed by atoms with Crippen molar-refractivity contribution in [1.82, 2.24) is 4.98 Å². The van der Waals surface area contributed by atoms with Crippen molar-refractivity contribution in [3.8, 4) is 5.88 Å². The minimum Gasteiger partial charge on any atom is -0.478 e. The first kappa shape index (κ1) is 2.22. The zero-order chi connectivity index (χ0) is 16.8. The number of rotatable bonds is 3. The van der Waals surface area contributed by atoms with Crippen molar-refractivity contribution >= 4 is 15.9 Å². The van der Waals surface area contributed by atoms with Crippen LogP contribution in [0.15, 0.2) is 22.7 Å². The van der Waals surface area contributed by atoms with Gasteiger partial charge in [0.15, 0.2) is 0 Å². The van der Waals surface area contributed by atoms with Gasteiger partial charge >= 0.3 is 0 Å². The summed E-state index contributed by atoms with van der Waals surface area (Å²) in [6.07, 6.45) is -3.37. The first-order valence-corrected chi connectivity index (χ1v) is 3.34. The zero-order valence-corrected chi connectivity index (χ0v) is 6.82. The lowest BCUT2D eigenvalue weighted by molar-refractivity contribution is 0.305. The van der Waals surface area contributed by atoms with Crippen molar-refractivity contribution in [3.05, 3.63) is 22.7 Å². The molecule has 1 heterocycles. The van der Waals surface area contributed by atoms with Crippen LogP contribution in [-0.2, 0) is 0 Å². The van der Waals surface area contributed by atoms with Gasteiger partial charge in [0.25, 0.3) is 0 Å². The molecule has 0 unspecified atom stereocenters. The van der Waals surface area contributed by atoms with Crippen LogP contribution < -0.4 is 4.74 Å². The first-order chi connectivity index (χ1) is 9.22. The van der Waals surface area contributed by atoms with E-state index in [1.54, 1.807) is 0 Å². The topological polar surface area (TPSA) is 22.1 Å². The molecule has 0 radical (unpaired) electrons. The number of ether oxygens (including phenoxy) is 1. The summed E-state index contributed by atoms with van der Waals surface area (Å²) in [7, 11) is 0. The standard InChI is InChI=1S/C8H10BrNO/c1-2-6-11-8-5-3-4-7(9)10-8/h3-5H,2,6H2,1H3/i1D3,2D2,3D,4D,5D,6D2. The molecular formula is C8H10BrNO. The highest BCUT2D eigenvalue weighted by molar-refractivity contribution is 9.10. The van der Waals surface area contributed by atoms with Gasteiger partial charge in [-0.05, 0) is 28.3 Å². The molecule has 0 bridgehead atoms. The van der Waals surface area contributed by atoms with Gasteiger partial charge in [0.05, 0.1) is 13.4 Å². The van der Waals surface area contributed by atoms with Crippen molar-refractivity contribution in [2.24, 2.45) is 0 Å². The summed E-state index contributed by atoms with van der Waals surface area (Å²) >= 11 is 2.82. The molecule has 60 valence electrons. The number of aromatic nitrogens is 1. The van der Waals surface area contributed by atoms with Crippen LogP contribution in [0.5, 0.6) is 5.88 Å². The van der Waals surface area contributed by atoms with E-state index in [0.29, 0.717) is 0 Å². The Kier molecular flexibility index (Phi) is 0.876. The van der Waals surface area contributed by atoms with Gasteiger partial charge in [-0.25, -0.2) is 4.98 Å². The lowest BCUT2D eigenvalue weighted by atomic mass is 10.5. The van der Waals surface area contributed by atoms with Gasteiger partial charge in [-0.2, -0.15) is 0 Å². The molecule has 0 saturated carbocycles. The second-order valence-corrected chi connectivity index (χ2v) is 2.16. The van der Waals surface area contributed by atoms with E-state index in [0.717, 1.165) is 0 Å². The summed E-state index contributed by atoms with van der Waals surface area (Å²) in [6, 6.07) is -1.78. The monoisotopic (exact) mass is 225 g/mol. The minimum absolute atomic E-state index is 0.205. The molecule has 3 heteroatoms. The summed E-state index contributed by atoms with van der Waals surface area (Å²) in [4.78, 5) is 3.52. The highest BCUT2D eigenvalue weighted by Gasteiger charge is 1.93. The average Bonchev–Trinajstić information content (AvgIpc) is 2.31. The molecule has 0 aliphatic rings. The second-order valence-electron chi connectivity index (χ2n) is 1.41. The largest absolute Gasteiger partial charge is 0.478 e. The summed E-state index contributed by atoms with van der Waals surface area (Å²) in [5.41, 5.74) is 0. The maximum absolute atomic E-state index is 7.53. The fraction of sp³-hybridized carbons (Fsp3) is 0.375. The van der Waals surface area contributed by atoms with Crippen LogP contribution in [0.2, 0.25) is 0 Å². The Bertz CT molecular complexity index is 557. The average molecular weight is 226 g/mol. The molecule has 0 N–H and O–H groups in total. The van der Waals surface area contributed by atoms with E-state index in [4.69, 9.17) is 13.7 Å². The maximum atomic E-state index is 7.53. The predicted molar refractivity (Wildman–Crippen MR) is 47.7 cm³/mol. The van der Waals surface area contributed by atoms with Gasteiger partial charge in [-0.1, -0.05) is 12.9 Å². The fourth-order valence-electron chi connectivity index (χ4n) is 0.404. The molecule has 0 atom stereocenters. The van der Waals surface area contributed by atoms with Crippen LogP contribution in [-0.4, -0.2) is 11.5 Å². The molecule has 0 spiro atoms. The Morgan fingerprint density at radius 3 is 3.64 bits per heavy atom. The number of halogens is 1. The highest BCUT2D eigenvalue weighted by atomic mass is 79.9. The lowest BCUT2D eigenvalue weighted by Gasteiger charge is -2.01. The van der Waals surface area contributed by atoms with E-state index in [1.807, 2.05) is 0 Å². The van der Waals surface area contributed by atoms with E-state index in [-0.39, 0.29) is 4.60 Å². The normalized spacial score (nSPS) is 26.6. The Labute approximate surface area is 88.8 Å². The predicted octanol–water partition coefficient (Wildman–Crippen LogP) is 2.63. The van der Waals surface area contributed by atoms with E-state index >= 15 is 0 Å².